The molecule has 2 aliphatic heterocycles. The van der Waals surface area contributed by atoms with Crippen LogP contribution in [-0.4, -0.2) is 88.7 Å². The number of carbonyl (C=O) groups excluding carboxylic acids is 2. The lowest BCUT2D eigenvalue weighted by Crippen LogP contribution is -2.56. The van der Waals surface area contributed by atoms with Gasteiger partial charge in [-0.25, -0.2) is 17.9 Å². The summed E-state index contributed by atoms with van der Waals surface area (Å²) in [4.78, 5) is 32.3. The minimum atomic E-state index is -4.21. The normalized spacial score (nSPS) is 27.8. The van der Waals surface area contributed by atoms with Crippen molar-refractivity contribution in [2.75, 3.05) is 51.8 Å². The molecule has 10 nitrogen and oxygen atoms in total. The number of nitrogens with one attached hydrogen (secondary N) is 1. The van der Waals surface area contributed by atoms with Crippen molar-refractivity contribution in [2.24, 2.45) is 11.8 Å². The second kappa shape index (κ2) is 13.8. The zero-order valence-electron chi connectivity index (χ0n) is 29.2. The third-order valence-corrected chi connectivity index (χ3v) is 12.6. The Morgan fingerprint density at radius 2 is 1.96 bits per heavy atom. The van der Waals surface area contributed by atoms with Crippen LogP contribution in [0, 0.1) is 11.8 Å². The van der Waals surface area contributed by atoms with E-state index in [4.69, 9.17) is 21.1 Å². The lowest BCUT2D eigenvalue weighted by molar-refractivity contribution is -0.129. The lowest BCUT2D eigenvalue weighted by atomic mass is 9.68. The maximum Gasteiger partial charge on any atom is 0.409 e. The topological polar surface area (TPSA) is 108 Å². The standard InChI is InChI=1S/C37H49ClN4O6S/c1-6-18-42-19-8-10-32(48-35(44)40(4)5)29-14-11-26(29)22-41-23-37(17-7-9-25-20-27(38)12-15-30(25)37)24-47-33-16-13-28(21-31(33)41)49(45,46)39-34(43)36(42,2)3/h8,10,12-13,15-16,20-21,26,29,32H,6-7,9,11,14,17-19,22-24H2,1-5H3,(H,39,43)/t26-,29+,32-,37-/m0/s1. The highest BCUT2D eigenvalue weighted by Crippen LogP contribution is 2.47. The summed E-state index contributed by atoms with van der Waals surface area (Å²) < 4.78 is 42.8. The van der Waals surface area contributed by atoms with Gasteiger partial charge in [0.05, 0.1) is 22.7 Å². The number of amides is 2. The number of carbonyl (C=O) groups is 2. The summed E-state index contributed by atoms with van der Waals surface area (Å²) in [6.45, 7) is 8.12. The molecule has 2 heterocycles. The molecule has 1 N–H and O–H groups in total. The SMILES string of the molecule is CCCN1CC=C[C@H](OC(=O)N(C)C)[C@@H]2CC[C@H]2CN2C[C@@]3(CCCc4cc(Cl)ccc43)COc3ccc(cc32)S(=O)(=O)NC(=O)C1(C)C. The Morgan fingerprint density at radius 3 is 2.67 bits per heavy atom. The van der Waals surface area contributed by atoms with E-state index in [2.05, 4.69) is 21.8 Å². The Morgan fingerprint density at radius 1 is 1.16 bits per heavy atom. The Bertz CT molecular complexity index is 1730. The van der Waals surface area contributed by atoms with E-state index in [0.29, 0.717) is 49.2 Å². The predicted molar refractivity (Wildman–Crippen MR) is 191 cm³/mol. The molecule has 2 bridgehead atoms. The van der Waals surface area contributed by atoms with Gasteiger partial charge in [-0.1, -0.05) is 30.7 Å². The van der Waals surface area contributed by atoms with Gasteiger partial charge in [-0.2, -0.15) is 0 Å². The number of aryl methyl sites for hydroxylation is 1. The number of rotatable bonds is 3. The Balaban J connectivity index is 1.45. The smallest absolute Gasteiger partial charge is 0.409 e. The van der Waals surface area contributed by atoms with Crippen LogP contribution in [0.2, 0.25) is 5.02 Å². The van der Waals surface area contributed by atoms with Gasteiger partial charge in [0.1, 0.15) is 11.9 Å². The van der Waals surface area contributed by atoms with Crippen LogP contribution < -0.4 is 14.4 Å². The highest BCUT2D eigenvalue weighted by Gasteiger charge is 2.45. The van der Waals surface area contributed by atoms with Gasteiger partial charge in [-0.15, -0.1) is 0 Å². The predicted octanol–water partition coefficient (Wildman–Crippen LogP) is 5.77. The molecule has 0 aromatic heterocycles. The first kappa shape index (κ1) is 35.5. The van der Waals surface area contributed by atoms with Crippen LogP contribution in [0.25, 0.3) is 0 Å². The molecule has 49 heavy (non-hydrogen) atoms. The molecule has 0 unspecified atom stereocenters. The maximum absolute atomic E-state index is 13.9. The number of ether oxygens (including phenoxy) is 2. The highest BCUT2D eigenvalue weighted by atomic mass is 35.5. The fraction of sp³-hybridized carbons (Fsp3) is 0.568. The van der Waals surface area contributed by atoms with Crippen LogP contribution in [0.1, 0.15) is 64.0 Å². The molecular weight excluding hydrogens is 664 g/mol. The van der Waals surface area contributed by atoms with E-state index in [-0.39, 0.29) is 22.1 Å². The Kier molecular flexibility index (Phi) is 10.0. The quantitative estimate of drug-likeness (QED) is 0.400. The van der Waals surface area contributed by atoms with E-state index >= 15 is 0 Å². The monoisotopic (exact) mass is 712 g/mol. The molecule has 12 heteroatoms. The first-order valence-corrected chi connectivity index (χ1v) is 19.3. The van der Waals surface area contributed by atoms with Gasteiger partial charge in [-0.3, -0.25) is 9.69 Å². The fourth-order valence-corrected chi connectivity index (χ4v) is 9.25. The number of hydrogen-bond donors (Lipinski definition) is 1. The average molecular weight is 713 g/mol. The van der Waals surface area contributed by atoms with E-state index in [9.17, 15) is 18.0 Å². The molecule has 266 valence electrons. The van der Waals surface area contributed by atoms with Crippen molar-refractivity contribution in [3.05, 3.63) is 64.7 Å². The van der Waals surface area contributed by atoms with Crippen molar-refractivity contribution in [1.82, 2.24) is 14.5 Å². The molecule has 2 aliphatic carbocycles. The van der Waals surface area contributed by atoms with E-state index in [1.54, 1.807) is 40.1 Å². The number of nitrogens with zero attached hydrogens (tertiary/aromatic N) is 3. The summed E-state index contributed by atoms with van der Waals surface area (Å²) in [7, 11) is -0.854. The molecule has 2 amide bonds. The fourth-order valence-electron chi connectivity index (χ4n) is 7.93. The average Bonchev–Trinajstić information content (AvgIpc) is 3.18. The zero-order valence-corrected chi connectivity index (χ0v) is 30.8. The number of anilines is 1. The van der Waals surface area contributed by atoms with Crippen LogP contribution in [0.4, 0.5) is 10.5 Å². The molecule has 4 aliphatic rings. The van der Waals surface area contributed by atoms with Gasteiger partial charge in [0, 0.05) is 50.1 Å². The minimum Gasteiger partial charge on any atom is -0.490 e. The number of sulfonamides is 1. The first-order chi connectivity index (χ1) is 23.2. The van der Waals surface area contributed by atoms with Crippen molar-refractivity contribution in [2.45, 2.75) is 81.2 Å². The van der Waals surface area contributed by atoms with Crippen molar-refractivity contribution in [1.29, 1.82) is 0 Å². The van der Waals surface area contributed by atoms with Gasteiger partial charge in [0.15, 0.2) is 0 Å². The Hall–Kier alpha value is -3.28. The van der Waals surface area contributed by atoms with E-state index in [1.807, 2.05) is 30.0 Å². The molecule has 2 aromatic carbocycles. The second-order valence-electron chi connectivity index (χ2n) is 14.8. The summed E-state index contributed by atoms with van der Waals surface area (Å²) >= 11 is 6.44. The molecule has 1 fully saturated rings. The van der Waals surface area contributed by atoms with Crippen LogP contribution in [0.15, 0.2) is 53.4 Å². The van der Waals surface area contributed by atoms with Gasteiger partial charge in [0.2, 0.25) is 0 Å². The molecule has 2 aromatic rings. The van der Waals surface area contributed by atoms with Crippen molar-refractivity contribution in [3.63, 3.8) is 0 Å². The van der Waals surface area contributed by atoms with E-state index < -0.39 is 33.7 Å². The largest absolute Gasteiger partial charge is 0.490 e. The minimum absolute atomic E-state index is 0.00718. The zero-order chi connectivity index (χ0) is 35.1. The van der Waals surface area contributed by atoms with Crippen LogP contribution in [-0.2, 0) is 31.4 Å². The summed E-state index contributed by atoms with van der Waals surface area (Å²) in [5, 5.41) is 0.709. The van der Waals surface area contributed by atoms with Gasteiger partial charge < -0.3 is 19.3 Å². The van der Waals surface area contributed by atoms with Crippen LogP contribution in [0.3, 0.4) is 0 Å². The van der Waals surface area contributed by atoms with Crippen LogP contribution >= 0.6 is 11.6 Å². The molecule has 1 saturated carbocycles. The number of fused-ring (bicyclic) bond motifs is 4. The summed E-state index contributed by atoms with van der Waals surface area (Å²) in [5.41, 5.74) is 1.62. The third-order valence-electron chi connectivity index (χ3n) is 11.0. The van der Waals surface area contributed by atoms with Gasteiger partial charge in [0.25, 0.3) is 15.9 Å². The summed E-state index contributed by atoms with van der Waals surface area (Å²) in [6, 6.07) is 11.0. The molecule has 0 radical (unpaired) electrons. The molecule has 6 rings (SSSR count). The second-order valence-corrected chi connectivity index (χ2v) is 17.0. The number of halogens is 1. The first-order valence-electron chi connectivity index (χ1n) is 17.4. The van der Waals surface area contributed by atoms with Crippen LogP contribution in [0.5, 0.6) is 5.75 Å². The van der Waals surface area contributed by atoms with E-state index in [0.717, 1.165) is 38.5 Å². The van der Waals surface area contributed by atoms with Gasteiger partial charge >= 0.3 is 6.09 Å². The van der Waals surface area contributed by atoms with Crippen molar-refractivity contribution < 1.29 is 27.5 Å². The highest BCUT2D eigenvalue weighted by molar-refractivity contribution is 7.90. The molecule has 4 atom stereocenters. The molecular formula is C37H49ClN4O6S. The molecule has 0 saturated heterocycles. The number of benzene rings is 2. The maximum atomic E-state index is 13.9. The van der Waals surface area contributed by atoms with Crippen molar-refractivity contribution in [3.8, 4) is 5.75 Å². The number of hydrogen-bond acceptors (Lipinski definition) is 8. The van der Waals surface area contributed by atoms with E-state index in [1.165, 1.54) is 22.1 Å². The Labute approximate surface area is 295 Å². The third kappa shape index (κ3) is 7.03. The summed E-state index contributed by atoms with van der Waals surface area (Å²) in [5.74, 6) is 0.231. The lowest BCUT2D eigenvalue weighted by Gasteiger charge is -2.46. The molecule has 1 spiro atoms. The van der Waals surface area contributed by atoms with Gasteiger partial charge in [-0.05, 0) is 112 Å². The summed E-state index contributed by atoms with van der Waals surface area (Å²) in [6.07, 6.45) is 8.49. The van der Waals surface area contributed by atoms with Crippen molar-refractivity contribution >= 4 is 39.3 Å².